The highest BCUT2D eigenvalue weighted by atomic mass is 16.7. The summed E-state index contributed by atoms with van der Waals surface area (Å²) in [7, 11) is 0. The van der Waals surface area contributed by atoms with E-state index in [1.54, 1.807) is 23.1 Å². The van der Waals surface area contributed by atoms with Gasteiger partial charge in [-0.05, 0) is 29.7 Å². The van der Waals surface area contributed by atoms with Crippen molar-refractivity contribution in [1.29, 1.82) is 0 Å². The average molecular weight is 324 g/mol. The van der Waals surface area contributed by atoms with E-state index in [9.17, 15) is 9.59 Å². The van der Waals surface area contributed by atoms with Crippen LogP contribution in [0, 0.1) is 0 Å². The van der Waals surface area contributed by atoms with E-state index in [0.717, 1.165) is 12.0 Å². The highest BCUT2D eigenvalue weighted by Crippen LogP contribution is 2.34. The van der Waals surface area contributed by atoms with E-state index in [-0.39, 0.29) is 6.79 Å². The third-order valence-electron chi connectivity index (χ3n) is 4.24. The topological polar surface area (TPSA) is 67.9 Å². The Morgan fingerprint density at radius 1 is 1.00 bits per heavy atom. The molecule has 122 valence electrons. The molecule has 0 saturated carbocycles. The van der Waals surface area contributed by atoms with Crippen LogP contribution in [0.1, 0.15) is 11.1 Å². The largest absolute Gasteiger partial charge is 0.454 e. The number of benzene rings is 2. The summed E-state index contributed by atoms with van der Waals surface area (Å²) in [5.74, 6) is 0.0227. The van der Waals surface area contributed by atoms with Crippen LogP contribution in [0.25, 0.3) is 0 Å². The normalized spacial score (nSPS) is 14.9. The Morgan fingerprint density at radius 3 is 2.67 bits per heavy atom. The molecule has 0 aromatic heterocycles. The molecule has 2 heterocycles. The number of nitrogens with one attached hydrogen (secondary N) is 1. The molecule has 0 radical (unpaired) electrons. The third-order valence-corrected chi connectivity index (χ3v) is 4.24. The number of carbonyl (C=O) groups excluding carboxylic acids is 2. The van der Waals surface area contributed by atoms with Gasteiger partial charge < -0.3 is 19.7 Å². The molecule has 0 fully saturated rings. The van der Waals surface area contributed by atoms with Gasteiger partial charge >= 0.3 is 11.8 Å². The lowest BCUT2D eigenvalue weighted by Gasteiger charge is -2.28. The third kappa shape index (κ3) is 2.67. The molecule has 2 aromatic carbocycles. The molecule has 0 spiro atoms. The molecule has 0 saturated heterocycles. The van der Waals surface area contributed by atoms with Crippen molar-refractivity contribution >= 4 is 17.5 Å². The van der Waals surface area contributed by atoms with E-state index < -0.39 is 11.8 Å². The Hall–Kier alpha value is -3.02. The van der Waals surface area contributed by atoms with Crippen LogP contribution in [0.2, 0.25) is 0 Å². The number of hydrogen-bond acceptors (Lipinski definition) is 4. The lowest BCUT2D eigenvalue weighted by atomic mass is 10.00. The second-order valence-corrected chi connectivity index (χ2v) is 5.77. The highest BCUT2D eigenvalue weighted by molar-refractivity contribution is 6.39. The fourth-order valence-corrected chi connectivity index (χ4v) is 2.97. The van der Waals surface area contributed by atoms with Crippen molar-refractivity contribution in [1.82, 2.24) is 4.90 Å². The van der Waals surface area contributed by atoms with Crippen molar-refractivity contribution < 1.29 is 19.1 Å². The summed E-state index contributed by atoms with van der Waals surface area (Å²) in [5, 5.41) is 2.63. The van der Waals surface area contributed by atoms with Crippen molar-refractivity contribution in [3.05, 3.63) is 53.6 Å². The minimum atomic E-state index is -0.645. The number of amides is 2. The number of hydrogen-bond donors (Lipinski definition) is 1. The summed E-state index contributed by atoms with van der Waals surface area (Å²) >= 11 is 0. The maximum atomic E-state index is 12.4. The van der Waals surface area contributed by atoms with Crippen LogP contribution < -0.4 is 14.8 Å². The molecule has 0 unspecified atom stereocenters. The molecule has 2 aromatic rings. The smallest absolute Gasteiger partial charge is 0.313 e. The molecule has 2 aliphatic rings. The van der Waals surface area contributed by atoms with Gasteiger partial charge in [-0.25, -0.2) is 0 Å². The highest BCUT2D eigenvalue weighted by Gasteiger charge is 2.26. The van der Waals surface area contributed by atoms with Crippen LogP contribution in [-0.4, -0.2) is 30.1 Å². The molecule has 0 atom stereocenters. The minimum Gasteiger partial charge on any atom is -0.454 e. The maximum Gasteiger partial charge on any atom is 0.313 e. The van der Waals surface area contributed by atoms with Crippen molar-refractivity contribution in [3.8, 4) is 11.5 Å². The van der Waals surface area contributed by atoms with Crippen LogP contribution >= 0.6 is 0 Å². The Balaban J connectivity index is 1.44. The molecule has 0 aliphatic carbocycles. The Kier molecular flexibility index (Phi) is 3.57. The van der Waals surface area contributed by atoms with Gasteiger partial charge in [0.25, 0.3) is 0 Å². The van der Waals surface area contributed by atoms with E-state index in [2.05, 4.69) is 11.4 Å². The van der Waals surface area contributed by atoms with E-state index in [1.165, 1.54) is 5.56 Å². The van der Waals surface area contributed by atoms with Crippen LogP contribution in [-0.2, 0) is 22.6 Å². The first-order chi connectivity index (χ1) is 11.7. The van der Waals surface area contributed by atoms with Gasteiger partial charge in [0.2, 0.25) is 6.79 Å². The van der Waals surface area contributed by atoms with Gasteiger partial charge in [-0.15, -0.1) is 0 Å². The lowest BCUT2D eigenvalue weighted by Crippen LogP contribution is -2.42. The van der Waals surface area contributed by atoms with Crippen molar-refractivity contribution in [2.24, 2.45) is 0 Å². The number of carbonyl (C=O) groups is 2. The van der Waals surface area contributed by atoms with Crippen LogP contribution in [0.15, 0.2) is 42.5 Å². The van der Waals surface area contributed by atoms with Crippen LogP contribution in [0.4, 0.5) is 5.69 Å². The fourth-order valence-electron chi connectivity index (χ4n) is 2.97. The minimum absolute atomic E-state index is 0.166. The summed E-state index contributed by atoms with van der Waals surface area (Å²) in [4.78, 5) is 26.2. The van der Waals surface area contributed by atoms with Gasteiger partial charge in [-0.2, -0.15) is 0 Å². The Morgan fingerprint density at radius 2 is 1.79 bits per heavy atom. The number of fused-ring (bicyclic) bond motifs is 2. The number of ether oxygens (including phenoxy) is 2. The number of rotatable bonds is 1. The van der Waals surface area contributed by atoms with Gasteiger partial charge in [0.05, 0.1) is 0 Å². The van der Waals surface area contributed by atoms with Gasteiger partial charge in [0, 0.05) is 24.8 Å². The standard InChI is InChI=1S/C18H16N2O4/c21-17(19-14-5-6-15-16(9-14)24-11-23-15)18(22)20-8-7-12-3-1-2-4-13(12)10-20/h1-6,9H,7-8,10-11H2,(H,19,21). The molecular weight excluding hydrogens is 308 g/mol. The van der Waals surface area contributed by atoms with E-state index in [1.807, 2.05) is 18.2 Å². The Labute approximate surface area is 139 Å². The zero-order valence-corrected chi connectivity index (χ0v) is 13.0. The van der Waals surface area contributed by atoms with Gasteiger partial charge in [-0.1, -0.05) is 24.3 Å². The predicted molar refractivity (Wildman–Crippen MR) is 86.8 cm³/mol. The van der Waals surface area contributed by atoms with E-state index >= 15 is 0 Å². The van der Waals surface area contributed by atoms with Crippen LogP contribution in [0.3, 0.4) is 0 Å². The Bertz CT molecular complexity index is 818. The SMILES string of the molecule is O=C(Nc1ccc2c(c1)OCO2)C(=O)N1CCc2ccccc2C1. The first-order valence-corrected chi connectivity index (χ1v) is 7.77. The fraction of sp³-hybridized carbons (Fsp3) is 0.222. The van der Waals surface area contributed by atoms with Gasteiger partial charge in [0.1, 0.15) is 0 Å². The van der Waals surface area contributed by atoms with Crippen molar-refractivity contribution in [2.75, 3.05) is 18.7 Å². The van der Waals surface area contributed by atoms with Crippen molar-refractivity contribution in [3.63, 3.8) is 0 Å². The lowest BCUT2D eigenvalue weighted by molar-refractivity contribution is -0.143. The molecule has 0 bridgehead atoms. The summed E-state index contributed by atoms with van der Waals surface area (Å²) in [5.41, 5.74) is 2.83. The van der Waals surface area contributed by atoms with E-state index in [4.69, 9.17) is 9.47 Å². The molecule has 1 N–H and O–H groups in total. The first kappa shape index (κ1) is 14.6. The average Bonchev–Trinajstić information content (AvgIpc) is 3.08. The molecule has 6 heteroatoms. The van der Waals surface area contributed by atoms with Gasteiger partial charge in [0.15, 0.2) is 11.5 Å². The molecule has 4 rings (SSSR count). The molecule has 6 nitrogen and oxygen atoms in total. The second kappa shape index (κ2) is 5.88. The van der Waals surface area contributed by atoms with Crippen molar-refractivity contribution in [2.45, 2.75) is 13.0 Å². The van der Waals surface area contributed by atoms with Crippen LogP contribution in [0.5, 0.6) is 11.5 Å². The summed E-state index contributed by atoms with van der Waals surface area (Å²) in [6.07, 6.45) is 0.763. The predicted octanol–water partition coefficient (Wildman–Crippen LogP) is 1.94. The number of anilines is 1. The quantitative estimate of drug-likeness (QED) is 0.814. The summed E-state index contributed by atoms with van der Waals surface area (Å²) in [6.45, 7) is 1.17. The monoisotopic (exact) mass is 324 g/mol. The van der Waals surface area contributed by atoms with E-state index in [0.29, 0.717) is 30.3 Å². The van der Waals surface area contributed by atoms with Gasteiger partial charge in [-0.3, -0.25) is 9.59 Å². The summed E-state index contributed by atoms with van der Waals surface area (Å²) in [6, 6.07) is 13.0. The second-order valence-electron chi connectivity index (χ2n) is 5.77. The molecule has 24 heavy (non-hydrogen) atoms. The maximum absolute atomic E-state index is 12.4. The zero-order valence-electron chi connectivity index (χ0n) is 13.0. The zero-order chi connectivity index (χ0) is 16.5. The molecule has 2 aliphatic heterocycles. The summed E-state index contributed by atoms with van der Waals surface area (Å²) < 4.78 is 10.5. The molecular formula is C18H16N2O4. The molecule has 2 amide bonds. The first-order valence-electron chi connectivity index (χ1n) is 7.77. The number of nitrogens with zero attached hydrogens (tertiary/aromatic N) is 1.